The van der Waals surface area contributed by atoms with Crippen LogP contribution in [0.15, 0.2) is 30.3 Å². The molecule has 0 aromatic heterocycles. The molecule has 2 unspecified atom stereocenters. The fraction of sp³-hybridized carbons (Fsp3) is 0.562. The highest BCUT2D eigenvalue weighted by Gasteiger charge is 2.71. The second kappa shape index (κ2) is 5.85. The Kier molecular flexibility index (Phi) is 4.16. The van der Waals surface area contributed by atoms with E-state index in [1.165, 1.54) is 14.0 Å². The molecule has 1 aromatic rings. The monoisotopic (exact) mass is 324 g/mol. The van der Waals surface area contributed by atoms with Gasteiger partial charge in [0.1, 0.15) is 17.8 Å². The zero-order valence-electron chi connectivity index (χ0n) is 12.8. The van der Waals surface area contributed by atoms with Gasteiger partial charge >= 0.3 is 5.97 Å². The minimum atomic E-state index is -1.77. The smallest absolute Gasteiger partial charge is 0.303 e. The zero-order chi connectivity index (χ0) is 16.8. The predicted molar refractivity (Wildman–Crippen MR) is 77.4 cm³/mol. The van der Waals surface area contributed by atoms with Gasteiger partial charge in [0, 0.05) is 20.0 Å². The summed E-state index contributed by atoms with van der Waals surface area (Å²) in [5.41, 5.74) is -1.10. The summed E-state index contributed by atoms with van der Waals surface area (Å²) in [7, 11) is 1.33. The highest BCUT2D eigenvalue weighted by atomic mass is 16.7. The van der Waals surface area contributed by atoms with E-state index in [1.54, 1.807) is 24.3 Å². The van der Waals surface area contributed by atoms with Gasteiger partial charge in [-0.1, -0.05) is 30.3 Å². The van der Waals surface area contributed by atoms with E-state index in [-0.39, 0.29) is 0 Å². The summed E-state index contributed by atoms with van der Waals surface area (Å²) in [5.74, 6) is -1.38. The number of ether oxygens (including phenoxy) is 3. The maximum absolute atomic E-state index is 11.3. The molecule has 0 radical (unpaired) electrons. The van der Waals surface area contributed by atoms with E-state index in [0.717, 1.165) is 0 Å². The molecule has 7 nitrogen and oxygen atoms in total. The Morgan fingerprint density at radius 3 is 2.48 bits per heavy atom. The minimum absolute atomic E-state index is 0.627. The van der Waals surface area contributed by atoms with Crippen molar-refractivity contribution >= 4 is 5.97 Å². The molecule has 1 aliphatic carbocycles. The van der Waals surface area contributed by atoms with E-state index in [4.69, 9.17) is 14.2 Å². The molecular weight excluding hydrogens is 304 g/mol. The Balaban J connectivity index is 1.94. The summed E-state index contributed by atoms with van der Waals surface area (Å²) < 4.78 is 15.7. The Morgan fingerprint density at radius 2 is 1.91 bits per heavy atom. The molecule has 2 aliphatic rings. The molecule has 23 heavy (non-hydrogen) atoms. The number of esters is 1. The Morgan fingerprint density at radius 1 is 1.26 bits per heavy atom. The van der Waals surface area contributed by atoms with Crippen molar-refractivity contribution in [2.75, 3.05) is 7.11 Å². The molecule has 1 aliphatic heterocycles. The van der Waals surface area contributed by atoms with Gasteiger partial charge in [0.2, 0.25) is 0 Å². The Hall–Kier alpha value is -1.51. The number of fused-ring (bicyclic) bond motifs is 1. The topological polar surface area (TPSA) is 105 Å². The van der Waals surface area contributed by atoms with Crippen LogP contribution in [0.25, 0.3) is 0 Å². The molecule has 126 valence electrons. The van der Waals surface area contributed by atoms with Crippen LogP contribution < -0.4 is 0 Å². The standard InChI is InChI=1S/C16H20O7/c1-8(17)22-12-13(19)16(20)10(9-6-4-3-5-7-9)11(18)14(16)23-15(12)21-2/h3-7,10-15,18-20H,1-2H3/t10?,11?,12-,13-,14-,15+,16+/m1/s1. The largest absolute Gasteiger partial charge is 0.454 e. The first-order valence-electron chi connectivity index (χ1n) is 7.40. The molecule has 1 saturated heterocycles. The third-order valence-electron chi connectivity index (χ3n) is 4.63. The third kappa shape index (κ3) is 2.36. The number of hydrogen-bond donors (Lipinski definition) is 3. The van der Waals surface area contributed by atoms with Gasteiger partial charge in [0.15, 0.2) is 12.4 Å². The van der Waals surface area contributed by atoms with Gasteiger partial charge in [0.25, 0.3) is 0 Å². The van der Waals surface area contributed by atoms with Crippen LogP contribution in [0.2, 0.25) is 0 Å². The van der Waals surface area contributed by atoms with Crippen LogP contribution in [-0.4, -0.2) is 64.7 Å². The first kappa shape index (κ1) is 16.4. The Bertz CT molecular complexity index is 577. The Labute approximate surface area is 133 Å². The van der Waals surface area contributed by atoms with Crippen molar-refractivity contribution in [3.63, 3.8) is 0 Å². The minimum Gasteiger partial charge on any atom is -0.454 e. The van der Waals surface area contributed by atoms with Gasteiger partial charge in [-0.15, -0.1) is 0 Å². The predicted octanol–water partition coefficient (Wildman–Crippen LogP) is -0.460. The number of rotatable bonds is 3. The normalized spacial score (nSPS) is 42.5. The zero-order valence-corrected chi connectivity index (χ0v) is 12.8. The van der Waals surface area contributed by atoms with Crippen molar-refractivity contribution in [3.8, 4) is 0 Å². The van der Waals surface area contributed by atoms with Gasteiger partial charge in [-0.05, 0) is 5.56 Å². The average molecular weight is 324 g/mol. The number of benzene rings is 1. The van der Waals surface area contributed by atoms with Crippen molar-refractivity contribution in [3.05, 3.63) is 35.9 Å². The average Bonchev–Trinajstić information content (AvgIpc) is 2.53. The van der Waals surface area contributed by atoms with E-state index in [1.807, 2.05) is 6.07 Å². The van der Waals surface area contributed by atoms with Crippen LogP contribution in [0.4, 0.5) is 0 Å². The second-order valence-corrected chi connectivity index (χ2v) is 5.95. The highest BCUT2D eigenvalue weighted by Crippen LogP contribution is 2.53. The number of aliphatic hydroxyl groups excluding tert-OH is 2. The quantitative estimate of drug-likeness (QED) is 0.646. The van der Waals surface area contributed by atoms with E-state index >= 15 is 0 Å². The van der Waals surface area contributed by atoms with E-state index in [0.29, 0.717) is 5.56 Å². The van der Waals surface area contributed by atoms with E-state index in [2.05, 4.69) is 0 Å². The maximum Gasteiger partial charge on any atom is 0.303 e. The molecule has 0 spiro atoms. The first-order chi connectivity index (χ1) is 10.9. The summed E-state index contributed by atoms with van der Waals surface area (Å²) >= 11 is 0. The van der Waals surface area contributed by atoms with Crippen molar-refractivity contribution in [1.29, 1.82) is 0 Å². The van der Waals surface area contributed by atoms with E-state index < -0.39 is 48.2 Å². The van der Waals surface area contributed by atoms with Crippen LogP contribution in [0.1, 0.15) is 18.4 Å². The lowest BCUT2D eigenvalue weighted by molar-refractivity contribution is -0.384. The van der Waals surface area contributed by atoms with Crippen LogP contribution in [0, 0.1) is 0 Å². The molecule has 7 heteroatoms. The number of aliphatic hydroxyl groups is 3. The molecule has 7 atom stereocenters. The molecule has 1 aromatic carbocycles. The lowest BCUT2D eigenvalue weighted by Gasteiger charge is -2.62. The lowest BCUT2D eigenvalue weighted by Crippen LogP contribution is -2.80. The molecule has 3 rings (SSSR count). The van der Waals surface area contributed by atoms with Crippen molar-refractivity contribution in [2.45, 2.75) is 49.1 Å². The van der Waals surface area contributed by atoms with Crippen molar-refractivity contribution < 1.29 is 34.3 Å². The van der Waals surface area contributed by atoms with Crippen molar-refractivity contribution in [1.82, 2.24) is 0 Å². The fourth-order valence-electron chi connectivity index (χ4n) is 3.58. The number of carbonyl (C=O) groups excluding carboxylic acids is 1. The summed E-state index contributed by atoms with van der Waals surface area (Å²) in [5, 5.41) is 32.0. The molecular formula is C16H20O7. The van der Waals surface area contributed by atoms with Gasteiger partial charge in [-0.2, -0.15) is 0 Å². The maximum atomic E-state index is 11.3. The third-order valence-corrected chi connectivity index (χ3v) is 4.63. The first-order valence-corrected chi connectivity index (χ1v) is 7.40. The molecule has 0 bridgehead atoms. The van der Waals surface area contributed by atoms with Crippen LogP contribution in [-0.2, 0) is 19.0 Å². The molecule has 1 heterocycles. The van der Waals surface area contributed by atoms with Crippen LogP contribution in [0.3, 0.4) is 0 Å². The van der Waals surface area contributed by atoms with Gasteiger partial charge in [-0.25, -0.2) is 0 Å². The summed E-state index contributed by atoms with van der Waals surface area (Å²) in [6.45, 7) is 1.19. The molecule has 0 amide bonds. The molecule has 3 N–H and O–H groups in total. The number of methoxy groups -OCH3 is 1. The second-order valence-electron chi connectivity index (χ2n) is 5.95. The number of carbonyl (C=O) groups is 1. The van der Waals surface area contributed by atoms with Crippen LogP contribution >= 0.6 is 0 Å². The summed E-state index contributed by atoms with van der Waals surface area (Å²) in [6.07, 6.45) is -5.74. The summed E-state index contributed by atoms with van der Waals surface area (Å²) in [6, 6.07) is 8.86. The summed E-state index contributed by atoms with van der Waals surface area (Å²) in [4.78, 5) is 11.3. The number of hydrogen-bond acceptors (Lipinski definition) is 7. The highest BCUT2D eigenvalue weighted by molar-refractivity contribution is 5.66. The van der Waals surface area contributed by atoms with Gasteiger partial charge in [0.05, 0.1) is 6.10 Å². The van der Waals surface area contributed by atoms with E-state index in [9.17, 15) is 20.1 Å². The SMILES string of the molecule is CO[C@H]1O[C@@H]2C(O)C(c3ccccc3)[C@]2(O)[C@H](O)[C@H]1OC(C)=O. The van der Waals surface area contributed by atoms with Crippen molar-refractivity contribution in [2.24, 2.45) is 0 Å². The lowest BCUT2D eigenvalue weighted by atomic mass is 9.57. The van der Waals surface area contributed by atoms with Crippen LogP contribution in [0.5, 0.6) is 0 Å². The molecule has 2 fully saturated rings. The fourth-order valence-corrected chi connectivity index (χ4v) is 3.58. The van der Waals surface area contributed by atoms with Gasteiger partial charge < -0.3 is 29.5 Å². The van der Waals surface area contributed by atoms with Gasteiger partial charge in [-0.3, -0.25) is 4.79 Å². The molecule has 1 saturated carbocycles.